The van der Waals surface area contributed by atoms with Gasteiger partial charge in [0.1, 0.15) is 0 Å². The molecule has 0 bridgehead atoms. The summed E-state index contributed by atoms with van der Waals surface area (Å²) >= 11 is 0. The number of nitrogens with zero attached hydrogens (tertiary/aromatic N) is 4. The molecule has 3 heterocycles. The van der Waals surface area contributed by atoms with Gasteiger partial charge < -0.3 is 9.88 Å². The monoisotopic (exact) mass is 507 g/mol. The van der Waals surface area contributed by atoms with Crippen molar-refractivity contribution in [3.8, 4) is 0 Å². The molecule has 3 aliphatic carbocycles. The molecule has 0 aliphatic heterocycles. The van der Waals surface area contributed by atoms with Crippen molar-refractivity contribution in [2.75, 3.05) is 26.2 Å². The highest BCUT2D eigenvalue weighted by Gasteiger charge is 2.30. The first-order chi connectivity index (χ1) is 18.8. The fraction of sp³-hybridized carbons (Fsp3) is 0.515. The molecule has 2 saturated carbocycles. The number of rotatable bonds is 12. The molecule has 0 amide bonds. The van der Waals surface area contributed by atoms with Crippen molar-refractivity contribution in [1.82, 2.24) is 24.8 Å². The van der Waals surface area contributed by atoms with Crippen molar-refractivity contribution in [1.29, 1.82) is 0 Å². The molecule has 1 atom stereocenters. The second-order valence-corrected chi connectivity index (χ2v) is 12.1. The molecule has 1 aromatic carbocycles. The highest BCUT2D eigenvalue weighted by Crippen LogP contribution is 2.36. The molecule has 0 saturated heterocycles. The number of nitrogens with one attached hydrogen (secondary N) is 1. The molecule has 38 heavy (non-hydrogen) atoms. The molecule has 2 fully saturated rings. The van der Waals surface area contributed by atoms with Gasteiger partial charge in [-0.2, -0.15) is 0 Å². The summed E-state index contributed by atoms with van der Waals surface area (Å²) in [6.07, 6.45) is 15.9. The molecule has 0 radical (unpaired) electrons. The Labute approximate surface area is 226 Å². The SMILES string of the molecule is c1cnc2c(c1)CCCC2N(CCCCN(CC1CC1)CC1CC1)Cc1nccc2c1[nH]c1ccccc12. The largest absolute Gasteiger partial charge is 0.353 e. The van der Waals surface area contributed by atoms with E-state index in [0.29, 0.717) is 6.04 Å². The van der Waals surface area contributed by atoms with Gasteiger partial charge in [0.15, 0.2) is 0 Å². The number of aryl methyl sites for hydroxylation is 1. The van der Waals surface area contributed by atoms with E-state index >= 15 is 0 Å². The lowest BCUT2D eigenvalue weighted by atomic mass is 9.90. The molecule has 0 spiro atoms. The van der Waals surface area contributed by atoms with E-state index in [0.717, 1.165) is 37.0 Å². The fourth-order valence-corrected chi connectivity index (χ4v) is 6.67. The predicted molar refractivity (Wildman–Crippen MR) is 155 cm³/mol. The predicted octanol–water partition coefficient (Wildman–Crippen LogP) is 6.89. The number of unbranched alkanes of at least 4 members (excludes halogenated alkanes) is 1. The number of fused-ring (bicyclic) bond motifs is 4. The zero-order valence-corrected chi connectivity index (χ0v) is 22.6. The van der Waals surface area contributed by atoms with Crippen LogP contribution in [0.1, 0.15) is 74.4 Å². The molecule has 3 aromatic heterocycles. The highest BCUT2D eigenvalue weighted by atomic mass is 15.2. The minimum Gasteiger partial charge on any atom is -0.353 e. The first-order valence-electron chi connectivity index (χ1n) is 15.1. The summed E-state index contributed by atoms with van der Waals surface area (Å²) in [6.45, 7) is 5.90. The minimum atomic E-state index is 0.371. The van der Waals surface area contributed by atoms with Gasteiger partial charge in [-0.3, -0.25) is 14.9 Å². The summed E-state index contributed by atoms with van der Waals surface area (Å²) in [5, 5.41) is 2.57. The van der Waals surface area contributed by atoms with Gasteiger partial charge in [0, 0.05) is 48.3 Å². The number of aromatic amines is 1. The van der Waals surface area contributed by atoms with Crippen LogP contribution in [0.25, 0.3) is 21.8 Å². The lowest BCUT2D eigenvalue weighted by Gasteiger charge is -2.35. The van der Waals surface area contributed by atoms with Gasteiger partial charge in [-0.1, -0.05) is 24.3 Å². The average Bonchev–Trinajstić information content (AvgIpc) is 3.89. The van der Waals surface area contributed by atoms with E-state index < -0.39 is 0 Å². The second-order valence-electron chi connectivity index (χ2n) is 12.1. The number of benzene rings is 1. The Bertz CT molecular complexity index is 1370. The van der Waals surface area contributed by atoms with Gasteiger partial charge in [-0.15, -0.1) is 0 Å². The standard InChI is InChI=1S/C33H41N5/c1-2-10-29-27(9-1)28-16-18-34-30(33(28)36-29)23-38(31-11-5-7-26-8-6-17-35-32(26)31)20-4-3-19-37(21-24-12-13-24)22-25-14-15-25/h1-2,6,8-10,16-18,24-25,31,36H,3-5,7,11-15,19-23H2. The van der Waals surface area contributed by atoms with Crippen LogP contribution in [-0.4, -0.2) is 50.9 Å². The molecule has 4 aromatic rings. The highest BCUT2D eigenvalue weighted by molar-refractivity contribution is 6.07. The van der Waals surface area contributed by atoms with E-state index in [1.807, 2.05) is 12.4 Å². The lowest BCUT2D eigenvalue weighted by molar-refractivity contribution is 0.157. The van der Waals surface area contributed by atoms with Crippen LogP contribution in [0.2, 0.25) is 0 Å². The smallest absolute Gasteiger partial charge is 0.0784 e. The number of hydrogen-bond acceptors (Lipinski definition) is 4. The normalized spacial score (nSPS) is 19.6. The summed E-state index contributed by atoms with van der Waals surface area (Å²) < 4.78 is 0. The van der Waals surface area contributed by atoms with Crippen molar-refractivity contribution >= 4 is 21.8 Å². The van der Waals surface area contributed by atoms with Crippen molar-refractivity contribution in [3.05, 3.63) is 71.8 Å². The zero-order valence-electron chi connectivity index (χ0n) is 22.6. The maximum atomic E-state index is 4.93. The molecule has 198 valence electrons. The van der Waals surface area contributed by atoms with Crippen molar-refractivity contribution in [2.24, 2.45) is 11.8 Å². The number of para-hydroxylation sites is 1. The summed E-state index contributed by atoms with van der Waals surface area (Å²) in [4.78, 5) is 19.0. The van der Waals surface area contributed by atoms with Crippen LogP contribution in [0.4, 0.5) is 0 Å². The van der Waals surface area contributed by atoms with Crippen LogP contribution in [0.15, 0.2) is 54.9 Å². The third kappa shape index (κ3) is 5.37. The first-order valence-corrected chi connectivity index (χ1v) is 15.1. The van der Waals surface area contributed by atoms with Crippen LogP contribution < -0.4 is 0 Å². The van der Waals surface area contributed by atoms with Crippen LogP contribution in [0.3, 0.4) is 0 Å². The average molecular weight is 508 g/mol. The van der Waals surface area contributed by atoms with Crippen LogP contribution in [-0.2, 0) is 13.0 Å². The Morgan fingerprint density at radius 3 is 2.45 bits per heavy atom. The quantitative estimate of drug-likeness (QED) is 0.212. The number of aromatic nitrogens is 3. The zero-order chi connectivity index (χ0) is 25.3. The van der Waals surface area contributed by atoms with Gasteiger partial charge >= 0.3 is 0 Å². The summed E-state index contributed by atoms with van der Waals surface area (Å²) in [5.74, 6) is 1.97. The van der Waals surface area contributed by atoms with Crippen LogP contribution >= 0.6 is 0 Å². The maximum absolute atomic E-state index is 4.93. The van der Waals surface area contributed by atoms with Gasteiger partial charge in [0.25, 0.3) is 0 Å². The Kier molecular flexibility index (Phi) is 6.89. The molecule has 5 heteroatoms. The van der Waals surface area contributed by atoms with E-state index in [-0.39, 0.29) is 0 Å². The minimum absolute atomic E-state index is 0.371. The first kappa shape index (κ1) is 24.3. The topological polar surface area (TPSA) is 48.1 Å². The number of H-pyrrole nitrogens is 1. The lowest BCUT2D eigenvalue weighted by Crippen LogP contribution is -2.34. The Hall–Kier alpha value is -2.76. The molecular formula is C33H41N5. The Balaban J connectivity index is 1.11. The number of pyridine rings is 2. The second kappa shape index (κ2) is 10.8. The maximum Gasteiger partial charge on any atom is 0.0784 e. The molecule has 7 rings (SSSR count). The Morgan fingerprint density at radius 1 is 0.789 bits per heavy atom. The van der Waals surface area contributed by atoms with Crippen LogP contribution in [0.5, 0.6) is 0 Å². The molecule has 5 nitrogen and oxygen atoms in total. The van der Waals surface area contributed by atoms with Gasteiger partial charge in [0.05, 0.1) is 22.9 Å². The van der Waals surface area contributed by atoms with Crippen molar-refractivity contribution in [2.45, 2.75) is 70.4 Å². The van der Waals surface area contributed by atoms with Crippen molar-refractivity contribution < 1.29 is 0 Å². The fourth-order valence-electron chi connectivity index (χ4n) is 6.67. The Morgan fingerprint density at radius 2 is 1.61 bits per heavy atom. The van der Waals surface area contributed by atoms with Gasteiger partial charge in [0.2, 0.25) is 0 Å². The summed E-state index contributed by atoms with van der Waals surface area (Å²) in [5.41, 5.74) is 6.28. The van der Waals surface area contributed by atoms with E-state index in [1.165, 1.54) is 104 Å². The molecule has 3 aliphatic rings. The van der Waals surface area contributed by atoms with E-state index in [4.69, 9.17) is 9.97 Å². The third-order valence-corrected chi connectivity index (χ3v) is 9.06. The molecular weight excluding hydrogens is 466 g/mol. The van der Waals surface area contributed by atoms with Crippen LogP contribution in [0, 0.1) is 11.8 Å². The molecule has 1 unspecified atom stereocenters. The van der Waals surface area contributed by atoms with E-state index in [9.17, 15) is 0 Å². The van der Waals surface area contributed by atoms with E-state index in [1.54, 1.807) is 0 Å². The molecule has 1 N–H and O–H groups in total. The third-order valence-electron chi connectivity index (χ3n) is 9.06. The van der Waals surface area contributed by atoms with Gasteiger partial charge in [-0.05, 0) is 106 Å². The van der Waals surface area contributed by atoms with Gasteiger partial charge in [-0.25, -0.2) is 0 Å². The summed E-state index contributed by atoms with van der Waals surface area (Å²) in [7, 11) is 0. The summed E-state index contributed by atoms with van der Waals surface area (Å²) in [6, 6.07) is 15.5. The van der Waals surface area contributed by atoms with Crippen molar-refractivity contribution in [3.63, 3.8) is 0 Å². The van der Waals surface area contributed by atoms with E-state index in [2.05, 4.69) is 57.2 Å². The number of hydrogen-bond donors (Lipinski definition) is 1.